The first kappa shape index (κ1) is 23.8. The molecule has 0 aliphatic heterocycles. The first-order valence-electron chi connectivity index (χ1n) is 9.07. The largest absolute Gasteiger partial charge is 0.493 e. The Bertz CT molecular complexity index is 944. The number of carbonyl (C=O) groups excluding carboxylic acids is 1. The highest BCUT2D eigenvalue weighted by Crippen LogP contribution is 2.34. The van der Waals surface area contributed by atoms with Crippen LogP contribution in [0.3, 0.4) is 0 Å². The second-order valence-electron chi connectivity index (χ2n) is 7.53. The van der Waals surface area contributed by atoms with Crippen LogP contribution in [0.1, 0.15) is 36.7 Å². The lowest BCUT2D eigenvalue weighted by molar-refractivity contribution is -0.124. The van der Waals surface area contributed by atoms with Crippen LogP contribution in [0, 0.1) is 0 Å². The lowest BCUT2D eigenvalue weighted by Crippen LogP contribution is -2.43. The summed E-state index contributed by atoms with van der Waals surface area (Å²) in [6.07, 6.45) is 0. The fraction of sp³-hybridized carbons (Fsp3) is 0.333. The highest BCUT2D eigenvalue weighted by atomic mass is 79.9. The summed E-state index contributed by atoms with van der Waals surface area (Å²) in [5, 5.41) is 15.2. The van der Waals surface area contributed by atoms with Crippen molar-refractivity contribution in [2.75, 3.05) is 19.0 Å². The van der Waals surface area contributed by atoms with Gasteiger partial charge in [-0.2, -0.15) is 0 Å². The second-order valence-corrected chi connectivity index (χ2v) is 8.80. The van der Waals surface area contributed by atoms with E-state index in [-0.39, 0.29) is 28.6 Å². The monoisotopic (exact) mass is 498 g/mol. The number of carbonyl (C=O) groups is 2. The standard InChI is InChI=1S/C21H24BrClN2O5/c1-21(2,3)25-19(26)11-30-18-9-15(22)12(7-17(18)29-4)10-24-13-5-6-14(20(27)28)16(23)8-13/h5-9,24H,10-11H2,1-4H3,(H,25,26)(H,27,28). The van der Waals surface area contributed by atoms with Crippen LogP contribution >= 0.6 is 27.5 Å². The molecule has 0 saturated heterocycles. The number of carboxylic acid groups (broad SMARTS) is 1. The summed E-state index contributed by atoms with van der Waals surface area (Å²) in [6, 6.07) is 8.18. The quantitative estimate of drug-likeness (QED) is 0.486. The molecule has 30 heavy (non-hydrogen) atoms. The topological polar surface area (TPSA) is 96.9 Å². The Morgan fingerprint density at radius 2 is 1.87 bits per heavy atom. The first-order chi connectivity index (χ1) is 14.0. The summed E-state index contributed by atoms with van der Waals surface area (Å²) in [5.41, 5.74) is 1.25. The van der Waals surface area contributed by atoms with Crippen molar-refractivity contribution < 1.29 is 24.2 Å². The molecule has 0 saturated carbocycles. The Labute approximate surface area is 188 Å². The molecule has 1 amide bonds. The van der Waals surface area contributed by atoms with E-state index >= 15 is 0 Å². The van der Waals surface area contributed by atoms with Gasteiger partial charge in [-0.3, -0.25) is 4.79 Å². The molecular formula is C21H24BrClN2O5. The predicted octanol–water partition coefficient (Wildman–Crippen LogP) is 4.71. The summed E-state index contributed by atoms with van der Waals surface area (Å²) >= 11 is 9.51. The Morgan fingerprint density at radius 1 is 1.17 bits per heavy atom. The minimum atomic E-state index is -1.08. The number of anilines is 1. The first-order valence-corrected chi connectivity index (χ1v) is 10.2. The van der Waals surface area contributed by atoms with Crippen LogP contribution in [-0.2, 0) is 11.3 Å². The molecule has 0 aliphatic carbocycles. The van der Waals surface area contributed by atoms with Crippen LogP contribution < -0.4 is 20.1 Å². The van der Waals surface area contributed by atoms with Gasteiger partial charge in [0.1, 0.15) is 0 Å². The third-order valence-electron chi connectivity index (χ3n) is 3.89. The maximum absolute atomic E-state index is 12.0. The van der Waals surface area contributed by atoms with Gasteiger partial charge >= 0.3 is 5.97 Å². The number of amides is 1. The highest BCUT2D eigenvalue weighted by Gasteiger charge is 2.16. The van der Waals surface area contributed by atoms with Crippen LogP contribution in [0.2, 0.25) is 5.02 Å². The molecule has 0 aromatic heterocycles. The van der Waals surface area contributed by atoms with Crippen molar-refractivity contribution in [1.29, 1.82) is 0 Å². The van der Waals surface area contributed by atoms with Gasteiger partial charge in [0.05, 0.1) is 17.7 Å². The maximum Gasteiger partial charge on any atom is 0.337 e. The fourth-order valence-corrected chi connectivity index (χ4v) is 3.30. The number of aromatic carboxylic acids is 1. The Balaban J connectivity index is 2.09. The van der Waals surface area contributed by atoms with Gasteiger partial charge in [0, 0.05) is 22.2 Å². The van der Waals surface area contributed by atoms with Crippen molar-refractivity contribution in [3.8, 4) is 11.5 Å². The van der Waals surface area contributed by atoms with E-state index in [0.717, 1.165) is 10.0 Å². The average Bonchev–Trinajstić information content (AvgIpc) is 2.63. The highest BCUT2D eigenvalue weighted by molar-refractivity contribution is 9.10. The second kappa shape index (κ2) is 10.0. The Kier molecular flexibility index (Phi) is 7.97. The number of hydrogen-bond donors (Lipinski definition) is 3. The molecule has 0 heterocycles. The smallest absolute Gasteiger partial charge is 0.337 e. The van der Waals surface area contributed by atoms with Gasteiger partial charge in [-0.1, -0.05) is 27.5 Å². The predicted molar refractivity (Wildman–Crippen MR) is 120 cm³/mol. The van der Waals surface area contributed by atoms with E-state index in [0.29, 0.717) is 23.7 Å². The minimum absolute atomic E-state index is 0.0436. The zero-order valence-corrected chi connectivity index (χ0v) is 19.5. The number of methoxy groups -OCH3 is 1. The van der Waals surface area contributed by atoms with Gasteiger partial charge in [-0.25, -0.2) is 4.79 Å². The number of ether oxygens (including phenoxy) is 2. The third-order valence-corrected chi connectivity index (χ3v) is 4.94. The molecule has 0 spiro atoms. The molecule has 0 bridgehead atoms. The number of hydrogen-bond acceptors (Lipinski definition) is 5. The average molecular weight is 500 g/mol. The van der Waals surface area contributed by atoms with Gasteiger partial charge in [0.15, 0.2) is 18.1 Å². The van der Waals surface area contributed by atoms with E-state index in [1.807, 2.05) is 20.8 Å². The van der Waals surface area contributed by atoms with E-state index in [9.17, 15) is 9.59 Å². The molecule has 0 aliphatic rings. The van der Waals surface area contributed by atoms with Gasteiger partial charge < -0.3 is 25.2 Å². The van der Waals surface area contributed by atoms with E-state index in [1.54, 1.807) is 24.3 Å². The van der Waals surface area contributed by atoms with E-state index < -0.39 is 5.97 Å². The summed E-state index contributed by atoms with van der Waals surface area (Å²) in [5.74, 6) is -0.386. The molecule has 0 atom stereocenters. The van der Waals surface area contributed by atoms with Crippen LogP contribution in [0.5, 0.6) is 11.5 Å². The normalized spacial score (nSPS) is 11.0. The molecular weight excluding hydrogens is 476 g/mol. The van der Waals surface area contributed by atoms with Crippen molar-refractivity contribution in [3.63, 3.8) is 0 Å². The summed E-state index contributed by atoms with van der Waals surface area (Å²) in [6.45, 7) is 5.97. The van der Waals surface area contributed by atoms with Gasteiger partial charge in [-0.15, -0.1) is 0 Å². The Morgan fingerprint density at radius 3 is 2.43 bits per heavy atom. The van der Waals surface area contributed by atoms with Crippen LogP contribution in [0.25, 0.3) is 0 Å². The van der Waals surface area contributed by atoms with Crippen molar-refractivity contribution in [2.45, 2.75) is 32.9 Å². The molecule has 7 nitrogen and oxygen atoms in total. The van der Waals surface area contributed by atoms with Crippen molar-refractivity contribution in [2.24, 2.45) is 0 Å². The van der Waals surface area contributed by atoms with E-state index in [2.05, 4.69) is 26.6 Å². The van der Waals surface area contributed by atoms with Crippen molar-refractivity contribution in [3.05, 3.63) is 51.0 Å². The third kappa shape index (κ3) is 6.81. The van der Waals surface area contributed by atoms with E-state index in [4.69, 9.17) is 26.2 Å². The van der Waals surface area contributed by atoms with Crippen LogP contribution in [0.4, 0.5) is 5.69 Å². The van der Waals surface area contributed by atoms with Gasteiger partial charge in [0.25, 0.3) is 5.91 Å². The van der Waals surface area contributed by atoms with Crippen LogP contribution in [0.15, 0.2) is 34.8 Å². The molecule has 162 valence electrons. The fourth-order valence-electron chi connectivity index (χ4n) is 2.58. The zero-order valence-electron chi connectivity index (χ0n) is 17.1. The molecule has 2 aromatic carbocycles. The number of halogens is 2. The summed E-state index contributed by atoms with van der Waals surface area (Å²) in [7, 11) is 1.52. The molecule has 2 aromatic rings. The number of nitrogens with one attached hydrogen (secondary N) is 2. The SMILES string of the molecule is COc1cc(CNc2ccc(C(=O)O)c(Cl)c2)c(Br)cc1OCC(=O)NC(C)(C)C. The summed E-state index contributed by atoms with van der Waals surface area (Å²) < 4.78 is 11.8. The minimum Gasteiger partial charge on any atom is -0.493 e. The van der Waals surface area contributed by atoms with Gasteiger partial charge in [-0.05, 0) is 56.7 Å². The molecule has 9 heteroatoms. The number of carboxylic acids is 1. The number of rotatable bonds is 8. The number of benzene rings is 2. The molecule has 0 unspecified atom stereocenters. The molecule has 3 N–H and O–H groups in total. The van der Waals surface area contributed by atoms with Crippen molar-refractivity contribution in [1.82, 2.24) is 5.32 Å². The zero-order chi connectivity index (χ0) is 22.5. The van der Waals surface area contributed by atoms with Crippen LogP contribution in [-0.4, -0.2) is 36.2 Å². The Hall–Kier alpha value is -2.45. The lowest BCUT2D eigenvalue weighted by atomic mass is 10.1. The molecule has 2 rings (SSSR count). The summed E-state index contributed by atoms with van der Waals surface area (Å²) in [4.78, 5) is 23.1. The van der Waals surface area contributed by atoms with Gasteiger partial charge in [0.2, 0.25) is 0 Å². The molecule has 0 radical (unpaired) electrons. The van der Waals surface area contributed by atoms with Crippen molar-refractivity contribution >= 4 is 45.1 Å². The lowest BCUT2D eigenvalue weighted by Gasteiger charge is -2.21. The maximum atomic E-state index is 12.0. The molecule has 0 fully saturated rings. The van der Waals surface area contributed by atoms with E-state index in [1.165, 1.54) is 13.2 Å².